The number of hydrogen-bond donors (Lipinski definition) is 1. The van der Waals surface area contributed by atoms with Gasteiger partial charge in [0.25, 0.3) is 5.56 Å². The van der Waals surface area contributed by atoms with Gasteiger partial charge >= 0.3 is 0 Å². The lowest BCUT2D eigenvalue weighted by atomic mass is 9.89. The van der Waals surface area contributed by atoms with Gasteiger partial charge < -0.3 is 4.98 Å². The zero-order valence-corrected chi connectivity index (χ0v) is 17.5. The van der Waals surface area contributed by atoms with Crippen LogP contribution in [0.5, 0.6) is 0 Å². The molecule has 0 unspecified atom stereocenters. The molecule has 0 amide bonds. The topological polar surface area (TPSA) is 45.8 Å². The molecule has 4 rings (SSSR count). The van der Waals surface area contributed by atoms with Gasteiger partial charge in [-0.25, -0.2) is 4.98 Å². The molecule has 1 aromatic carbocycles. The van der Waals surface area contributed by atoms with Crippen LogP contribution in [0.1, 0.15) is 56.6 Å². The van der Waals surface area contributed by atoms with E-state index in [4.69, 9.17) is 4.98 Å². The number of hydrogen-bond acceptors (Lipinski definition) is 4. The van der Waals surface area contributed by atoms with Crippen molar-refractivity contribution in [3.8, 4) is 11.1 Å². The predicted molar refractivity (Wildman–Crippen MR) is 117 cm³/mol. The number of benzene rings is 1. The summed E-state index contributed by atoms with van der Waals surface area (Å²) in [4.78, 5) is 21.3. The first-order valence-electron chi connectivity index (χ1n) is 10.0. The van der Waals surface area contributed by atoms with E-state index in [1.165, 1.54) is 56.1 Å². The number of unbranched alkanes of at least 4 members (excludes halogenated alkanes) is 3. The molecule has 0 radical (unpaired) electrons. The second kappa shape index (κ2) is 8.61. The minimum atomic E-state index is -0.00923. The molecule has 0 spiro atoms. The minimum absolute atomic E-state index is 0.00923. The van der Waals surface area contributed by atoms with Crippen LogP contribution in [0.4, 0.5) is 0 Å². The van der Waals surface area contributed by atoms with Crippen molar-refractivity contribution in [3.05, 3.63) is 45.1 Å². The zero-order chi connectivity index (χ0) is 18.6. The predicted octanol–water partition coefficient (Wildman–Crippen LogP) is 6.20. The summed E-state index contributed by atoms with van der Waals surface area (Å²) in [6, 6.07) is 6.70. The smallest absolute Gasteiger partial charge is 0.260 e. The highest BCUT2D eigenvalue weighted by atomic mass is 32.2. The molecule has 0 fully saturated rings. The molecule has 0 aliphatic heterocycles. The van der Waals surface area contributed by atoms with Crippen LogP contribution in [0.3, 0.4) is 0 Å². The fourth-order valence-corrected chi connectivity index (χ4v) is 5.68. The van der Waals surface area contributed by atoms with E-state index in [1.54, 1.807) is 23.1 Å². The van der Waals surface area contributed by atoms with Gasteiger partial charge in [0, 0.05) is 16.7 Å². The van der Waals surface area contributed by atoms with Gasteiger partial charge in [-0.2, -0.15) is 0 Å². The molecule has 0 bridgehead atoms. The Morgan fingerprint density at radius 3 is 2.85 bits per heavy atom. The number of aromatic amines is 1. The number of aryl methyl sites for hydroxylation is 2. The summed E-state index contributed by atoms with van der Waals surface area (Å²) < 4.78 is 0. The summed E-state index contributed by atoms with van der Waals surface area (Å²) in [6.45, 7) is 2.22. The molecule has 3 nitrogen and oxygen atoms in total. The SMILES string of the molecule is CCCCCCSc1nc2scc(-c3ccc4c(c3)CCCC4)c2c(=O)[nH]1. The Balaban J connectivity index is 1.59. The summed E-state index contributed by atoms with van der Waals surface area (Å²) in [5, 5.41) is 3.58. The monoisotopic (exact) mass is 398 g/mol. The highest BCUT2D eigenvalue weighted by Gasteiger charge is 2.15. The molecule has 0 saturated carbocycles. The van der Waals surface area contributed by atoms with Gasteiger partial charge in [-0.15, -0.1) is 11.3 Å². The maximum absolute atomic E-state index is 12.8. The van der Waals surface area contributed by atoms with E-state index in [0.717, 1.165) is 38.7 Å². The molecule has 27 heavy (non-hydrogen) atoms. The van der Waals surface area contributed by atoms with Crippen molar-refractivity contribution >= 4 is 33.3 Å². The fourth-order valence-electron chi connectivity index (χ4n) is 3.81. The van der Waals surface area contributed by atoms with Crippen LogP contribution >= 0.6 is 23.1 Å². The van der Waals surface area contributed by atoms with E-state index < -0.39 is 0 Å². The lowest BCUT2D eigenvalue weighted by Gasteiger charge is -2.16. The average Bonchev–Trinajstić information content (AvgIpc) is 3.12. The molecule has 2 heterocycles. The van der Waals surface area contributed by atoms with E-state index in [1.807, 2.05) is 0 Å². The Bertz CT molecular complexity index is 990. The number of nitrogens with zero attached hydrogens (tertiary/aromatic N) is 1. The molecule has 3 aromatic rings. The number of nitrogens with one attached hydrogen (secondary N) is 1. The Morgan fingerprint density at radius 1 is 1.15 bits per heavy atom. The van der Waals surface area contributed by atoms with Crippen molar-refractivity contribution in [2.75, 3.05) is 5.75 Å². The molecule has 142 valence electrons. The largest absolute Gasteiger partial charge is 0.301 e. The average molecular weight is 399 g/mol. The van der Waals surface area contributed by atoms with Crippen LogP contribution in [0, 0.1) is 0 Å². The van der Waals surface area contributed by atoms with Crippen molar-refractivity contribution < 1.29 is 0 Å². The highest BCUT2D eigenvalue weighted by molar-refractivity contribution is 7.99. The molecule has 0 saturated heterocycles. The quantitative estimate of drug-likeness (QED) is 0.293. The van der Waals surface area contributed by atoms with E-state index >= 15 is 0 Å². The maximum atomic E-state index is 12.8. The van der Waals surface area contributed by atoms with E-state index in [0.29, 0.717) is 0 Å². The third kappa shape index (κ3) is 4.14. The molecule has 2 aromatic heterocycles. The van der Waals surface area contributed by atoms with Crippen LogP contribution in [-0.4, -0.2) is 15.7 Å². The van der Waals surface area contributed by atoms with E-state index in [9.17, 15) is 4.79 Å². The van der Waals surface area contributed by atoms with Crippen LogP contribution < -0.4 is 5.56 Å². The highest BCUT2D eigenvalue weighted by Crippen LogP contribution is 2.34. The molecule has 5 heteroatoms. The number of aromatic nitrogens is 2. The van der Waals surface area contributed by atoms with Crippen LogP contribution in [-0.2, 0) is 12.8 Å². The Hall–Kier alpha value is -1.59. The molecular formula is C22H26N2OS2. The van der Waals surface area contributed by atoms with Gasteiger partial charge in [0.2, 0.25) is 0 Å². The number of thioether (sulfide) groups is 1. The van der Waals surface area contributed by atoms with Crippen LogP contribution in [0.15, 0.2) is 33.5 Å². The molecular weight excluding hydrogens is 372 g/mol. The normalized spacial score (nSPS) is 13.8. The van der Waals surface area contributed by atoms with E-state index in [-0.39, 0.29) is 5.56 Å². The van der Waals surface area contributed by atoms with Gasteiger partial charge in [0.05, 0.1) is 5.39 Å². The Labute approximate surface area is 168 Å². The number of thiophene rings is 1. The summed E-state index contributed by atoms with van der Waals surface area (Å²) in [5.74, 6) is 1.01. The van der Waals surface area contributed by atoms with Crippen molar-refractivity contribution in [3.63, 3.8) is 0 Å². The molecule has 0 atom stereocenters. The van der Waals surface area contributed by atoms with Gasteiger partial charge in [0.15, 0.2) is 5.16 Å². The zero-order valence-electron chi connectivity index (χ0n) is 15.8. The van der Waals surface area contributed by atoms with Gasteiger partial charge in [-0.05, 0) is 48.8 Å². The van der Waals surface area contributed by atoms with Crippen molar-refractivity contribution in [2.24, 2.45) is 0 Å². The first-order valence-corrected chi connectivity index (χ1v) is 11.9. The Morgan fingerprint density at radius 2 is 2.00 bits per heavy atom. The standard InChI is InChI=1S/C22H26N2OS2/c1-2-3-4-7-12-26-22-23-20(25)19-18(14-27-21(19)24-22)17-11-10-15-8-5-6-9-16(15)13-17/h10-11,13-14H,2-9,12H2,1H3,(H,23,24,25). The van der Waals surface area contributed by atoms with Crippen molar-refractivity contribution in [2.45, 2.75) is 63.4 Å². The molecule has 1 aliphatic rings. The third-order valence-electron chi connectivity index (χ3n) is 5.32. The summed E-state index contributed by atoms with van der Waals surface area (Å²) in [7, 11) is 0. The second-order valence-corrected chi connectivity index (χ2v) is 9.24. The number of rotatable bonds is 7. The lowest BCUT2D eigenvalue weighted by molar-refractivity contribution is 0.686. The van der Waals surface area contributed by atoms with Crippen LogP contribution in [0.25, 0.3) is 21.3 Å². The summed E-state index contributed by atoms with van der Waals surface area (Å²) in [6.07, 6.45) is 9.82. The van der Waals surface area contributed by atoms with Crippen LogP contribution in [0.2, 0.25) is 0 Å². The van der Waals surface area contributed by atoms with Gasteiger partial charge in [0.1, 0.15) is 4.83 Å². The van der Waals surface area contributed by atoms with Crippen molar-refractivity contribution in [1.29, 1.82) is 0 Å². The molecule has 1 N–H and O–H groups in total. The van der Waals surface area contributed by atoms with E-state index in [2.05, 4.69) is 35.5 Å². The lowest BCUT2D eigenvalue weighted by Crippen LogP contribution is -2.09. The third-order valence-corrected chi connectivity index (χ3v) is 7.15. The first kappa shape index (κ1) is 18.8. The fraction of sp³-hybridized carbons (Fsp3) is 0.455. The van der Waals surface area contributed by atoms with Gasteiger partial charge in [-0.1, -0.05) is 56.1 Å². The maximum Gasteiger partial charge on any atom is 0.260 e. The van der Waals surface area contributed by atoms with Crippen molar-refractivity contribution in [1.82, 2.24) is 9.97 Å². The number of fused-ring (bicyclic) bond motifs is 2. The second-order valence-electron chi connectivity index (χ2n) is 7.30. The van der Waals surface area contributed by atoms with Gasteiger partial charge in [-0.3, -0.25) is 4.79 Å². The Kier molecular flexibility index (Phi) is 5.98. The minimum Gasteiger partial charge on any atom is -0.301 e. The molecule has 1 aliphatic carbocycles. The number of H-pyrrole nitrogens is 1. The first-order chi connectivity index (χ1) is 13.3. The summed E-state index contributed by atoms with van der Waals surface area (Å²) in [5.41, 5.74) is 5.08. The summed E-state index contributed by atoms with van der Waals surface area (Å²) >= 11 is 3.24.